The summed E-state index contributed by atoms with van der Waals surface area (Å²) in [5.74, 6) is -0.551. The highest BCUT2D eigenvalue weighted by Gasteiger charge is 2.42. The summed E-state index contributed by atoms with van der Waals surface area (Å²) in [4.78, 5) is 31.3. The molecule has 0 aliphatic carbocycles. The third-order valence-corrected chi connectivity index (χ3v) is 7.31. The molecule has 0 unspecified atom stereocenters. The smallest absolute Gasteiger partial charge is 0.337 e. The van der Waals surface area contributed by atoms with Gasteiger partial charge >= 0.3 is 5.97 Å². The first-order valence-corrected chi connectivity index (χ1v) is 13.5. The lowest BCUT2D eigenvalue weighted by Gasteiger charge is -2.29. The number of methoxy groups -OCH3 is 1. The Balaban J connectivity index is 1.60. The number of amides is 1. The first kappa shape index (κ1) is 27.1. The second-order valence-corrected chi connectivity index (χ2v) is 10.4. The number of carbonyl (C=O) groups excluding carboxylic acids is 2. The number of benzene rings is 2. The van der Waals surface area contributed by atoms with Crippen molar-refractivity contribution in [3.63, 3.8) is 0 Å². The molecule has 1 saturated heterocycles. The van der Waals surface area contributed by atoms with Gasteiger partial charge < -0.3 is 24.8 Å². The summed E-state index contributed by atoms with van der Waals surface area (Å²) in [6, 6.07) is 22.6. The molecule has 0 bridgehead atoms. The quantitative estimate of drug-likeness (QED) is 0.223. The van der Waals surface area contributed by atoms with E-state index in [-0.39, 0.29) is 23.9 Å². The second kappa shape index (κ2) is 11.3. The van der Waals surface area contributed by atoms with Crippen LogP contribution in [0, 0.1) is 12.8 Å². The van der Waals surface area contributed by atoms with Crippen molar-refractivity contribution in [2.24, 2.45) is 5.92 Å². The van der Waals surface area contributed by atoms with Gasteiger partial charge in [0.05, 0.1) is 24.4 Å². The van der Waals surface area contributed by atoms with Gasteiger partial charge in [0.2, 0.25) is 5.91 Å². The Labute approximate surface area is 239 Å². The molecule has 0 spiro atoms. The maximum Gasteiger partial charge on any atom is 0.337 e. The molecule has 2 atom stereocenters. The molecule has 5 rings (SSSR count). The lowest BCUT2D eigenvalue weighted by atomic mass is 10.00. The molecule has 2 N–H and O–H groups in total. The number of hydrogen-bond donors (Lipinski definition) is 2. The third kappa shape index (κ3) is 5.20. The van der Waals surface area contributed by atoms with E-state index in [4.69, 9.17) is 17.0 Å². The molecule has 0 saturated carbocycles. The second-order valence-electron chi connectivity index (χ2n) is 9.98. The molecule has 9 heteroatoms. The summed E-state index contributed by atoms with van der Waals surface area (Å²) in [5.41, 5.74) is 5.68. The van der Waals surface area contributed by atoms with Crippen LogP contribution in [-0.2, 0) is 9.53 Å². The van der Waals surface area contributed by atoms with E-state index in [0.29, 0.717) is 10.7 Å². The number of pyridine rings is 1. The number of nitrogens with zero attached hydrogens (tertiary/aromatic N) is 3. The van der Waals surface area contributed by atoms with Crippen LogP contribution in [0.3, 0.4) is 0 Å². The first-order valence-electron chi connectivity index (χ1n) is 13.1. The highest BCUT2D eigenvalue weighted by molar-refractivity contribution is 7.80. The number of hydrogen-bond acceptors (Lipinski definition) is 5. The number of rotatable bonds is 7. The first-order chi connectivity index (χ1) is 19.3. The molecule has 2 aromatic heterocycles. The minimum atomic E-state index is -0.396. The van der Waals surface area contributed by atoms with Crippen molar-refractivity contribution in [2.45, 2.75) is 32.9 Å². The number of thiocarbonyl (C=S) groups is 1. The van der Waals surface area contributed by atoms with Crippen molar-refractivity contribution in [3.8, 4) is 5.69 Å². The molecule has 8 nitrogen and oxygen atoms in total. The van der Waals surface area contributed by atoms with Gasteiger partial charge in [-0.3, -0.25) is 9.78 Å². The predicted molar refractivity (Wildman–Crippen MR) is 160 cm³/mol. The maximum absolute atomic E-state index is 12.3. The van der Waals surface area contributed by atoms with Gasteiger partial charge in [0.15, 0.2) is 5.11 Å². The van der Waals surface area contributed by atoms with Crippen LogP contribution in [-0.4, -0.2) is 33.6 Å². The molecule has 40 heavy (non-hydrogen) atoms. The summed E-state index contributed by atoms with van der Waals surface area (Å²) >= 11 is 5.91. The molecule has 3 heterocycles. The Morgan fingerprint density at radius 2 is 1.85 bits per heavy atom. The number of aromatic nitrogens is 2. The zero-order chi connectivity index (χ0) is 28.4. The number of esters is 1. The molecule has 1 amide bonds. The van der Waals surface area contributed by atoms with Gasteiger partial charge in [0.25, 0.3) is 0 Å². The van der Waals surface area contributed by atoms with E-state index < -0.39 is 5.97 Å². The van der Waals surface area contributed by atoms with E-state index in [0.717, 1.165) is 34.0 Å². The van der Waals surface area contributed by atoms with Crippen molar-refractivity contribution >= 4 is 40.6 Å². The standard InChI is InChI=1S/C31H31N5O3S/c1-19(2)29(37)33-24-14-13-23(17-20(24)3)36-28(27(34-31(36)40)25-11-5-6-15-32-25)26-12-8-16-35(26)22-10-7-9-21(18-22)30(38)39-4/h5-19,27-28H,1-4H3,(H,33,37)(H,34,40)/t27-,28-/m0/s1. The van der Waals surface area contributed by atoms with Crippen molar-refractivity contribution in [2.75, 3.05) is 17.3 Å². The van der Waals surface area contributed by atoms with Crippen LogP contribution in [0.2, 0.25) is 0 Å². The topological polar surface area (TPSA) is 88.5 Å². The van der Waals surface area contributed by atoms with Crippen molar-refractivity contribution in [1.82, 2.24) is 14.9 Å². The Kier molecular flexibility index (Phi) is 7.66. The van der Waals surface area contributed by atoms with Crippen LogP contribution in [0.4, 0.5) is 11.4 Å². The van der Waals surface area contributed by atoms with Gasteiger partial charge in [0.1, 0.15) is 6.04 Å². The normalized spacial score (nSPS) is 16.6. The van der Waals surface area contributed by atoms with Crippen molar-refractivity contribution in [3.05, 3.63) is 108 Å². The van der Waals surface area contributed by atoms with E-state index in [1.54, 1.807) is 12.3 Å². The molecule has 0 radical (unpaired) electrons. The summed E-state index contributed by atoms with van der Waals surface area (Å²) < 4.78 is 7.00. The molecular weight excluding hydrogens is 522 g/mol. The van der Waals surface area contributed by atoms with E-state index in [2.05, 4.69) is 31.2 Å². The monoisotopic (exact) mass is 553 g/mol. The van der Waals surface area contributed by atoms with Crippen LogP contribution in [0.25, 0.3) is 5.69 Å². The summed E-state index contributed by atoms with van der Waals surface area (Å²) in [5, 5.41) is 7.06. The molecule has 1 aliphatic heterocycles. The Morgan fingerprint density at radius 1 is 1.02 bits per heavy atom. The van der Waals surface area contributed by atoms with E-state index in [9.17, 15) is 9.59 Å². The van der Waals surface area contributed by atoms with E-state index in [1.165, 1.54) is 7.11 Å². The number of carbonyl (C=O) groups is 2. The SMILES string of the molecule is COC(=O)c1cccc(-n2cccc2[C@H]2[C@H](c3ccccn3)NC(=S)N2c2ccc(NC(=O)C(C)C)c(C)c2)c1. The highest BCUT2D eigenvalue weighted by atomic mass is 32.1. The fourth-order valence-electron chi connectivity index (χ4n) is 4.92. The minimum Gasteiger partial charge on any atom is -0.465 e. The zero-order valence-corrected chi connectivity index (χ0v) is 23.6. The Morgan fingerprint density at radius 3 is 2.55 bits per heavy atom. The van der Waals surface area contributed by atoms with Gasteiger partial charge in [-0.1, -0.05) is 26.0 Å². The van der Waals surface area contributed by atoms with E-state index >= 15 is 0 Å². The number of nitrogens with one attached hydrogen (secondary N) is 2. The zero-order valence-electron chi connectivity index (χ0n) is 22.8. The largest absolute Gasteiger partial charge is 0.465 e. The average Bonchev–Trinajstić information content (AvgIpc) is 3.58. The van der Waals surface area contributed by atoms with Crippen LogP contribution in [0.1, 0.15) is 53.2 Å². The lowest BCUT2D eigenvalue weighted by Crippen LogP contribution is -2.30. The number of anilines is 2. The van der Waals surface area contributed by atoms with Gasteiger partial charge in [-0.05, 0) is 85.4 Å². The molecule has 204 valence electrons. The third-order valence-electron chi connectivity index (χ3n) is 7.00. The fourth-order valence-corrected chi connectivity index (χ4v) is 5.27. The average molecular weight is 554 g/mol. The number of ether oxygens (including phenoxy) is 1. The minimum absolute atomic E-state index is 0.0330. The van der Waals surface area contributed by atoms with Crippen LogP contribution < -0.4 is 15.5 Å². The van der Waals surface area contributed by atoms with Gasteiger partial charge in [-0.25, -0.2) is 4.79 Å². The lowest BCUT2D eigenvalue weighted by molar-refractivity contribution is -0.118. The van der Waals surface area contributed by atoms with Gasteiger partial charge in [-0.15, -0.1) is 0 Å². The maximum atomic E-state index is 12.3. The van der Waals surface area contributed by atoms with Crippen LogP contribution >= 0.6 is 12.2 Å². The predicted octanol–water partition coefficient (Wildman–Crippen LogP) is 5.74. The summed E-state index contributed by atoms with van der Waals surface area (Å²) in [6.45, 7) is 5.70. The van der Waals surface area contributed by atoms with Crippen LogP contribution in [0.15, 0.2) is 85.2 Å². The van der Waals surface area contributed by atoms with Crippen molar-refractivity contribution in [1.29, 1.82) is 0 Å². The van der Waals surface area contributed by atoms with Crippen molar-refractivity contribution < 1.29 is 14.3 Å². The summed E-state index contributed by atoms with van der Waals surface area (Å²) in [7, 11) is 1.37. The molecule has 4 aromatic rings. The Hall–Kier alpha value is -4.50. The molecular formula is C31H31N5O3S. The Bertz CT molecular complexity index is 1570. The highest BCUT2D eigenvalue weighted by Crippen LogP contribution is 2.43. The number of aryl methyl sites for hydroxylation is 1. The fraction of sp³-hybridized carbons (Fsp3) is 0.226. The van der Waals surface area contributed by atoms with Gasteiger partial charge in [0, 0.05) is 41.1 Å². The summed E-state index contributed by atoms with van der Waals surface area (Å²) in [6.07, 6.45) is 3.74. The molecule has 1 fully saturated rings. The molecule has 2 aromatic carbocycles. The van der Waals surface area contributed by atoms with E-state index in [1.807, 2.05) is 87.6 Å². The van der Waals surface area contributed by atoms with Gasteiger partial charge in [-0.2, -0.15) is 0 Å². The molecule has 1 aliphatic rings. The van der Waals surface area contributed by atoms with Crippen LogP contribution in [0.5, 0.6) is 0 Å².